The van der Waals surface area contributed by atoms with Crippen molar-refractivity contribution in [2.24, 2.45) is 11.7 Å². The number of hydrogen-bond donors (Lipinski definition) is 1. The second kappa shape index (κ2) is 5.00. The van der Waals surface area contributed by atoms with Crippen molar-refractivity contribution in [2.75, 3.05) is 0 Å². The molecule has 0 aliphatic rings. The van der Waals surface area contributed by atoms with Gasteiger partial charge in [-0.2, -0.15) is 0 Å². The van der Waals surface area contributed by atoms with Crippen LogP contribution in [0.2, 0.25) is 5.02 Å². The standard InChI is InChI=1S/C13H20ClN/c1-10(2)8-9-13(3,15)11-6-4-5-7-12(11)14/h4-7,10H,8-9,15H2,1-3H3. The minimum Gasteiger partial charge on any atom is -0.322 e. The lowest BCUT2D eigenvalue weighted by molar-refractivity contribution is 0.396. The number of rotatable bonds is 4. The Hall–Kier alpha value is -0.530. The summed E-state index contributed by atoms with van der Waals surface area (Å²) in [5.41, 5.74) is 7.03. The largest absolute Gasteiger partial charge is 0.322 e. The number of hydrogen-bond acceptors (Lipinski definition) is 1. The summed E-state index contributed by atoms with van der Waals surface area (Å²) in [5, 5.41) is 0.770. The van der Waals surface area contributed by atoms with Crippen LogP contribution in [0.3, 0.4) is 0 Å². The molecule has 0 radical (unpaired) electrons. The summed E-state index contributed by atoms with van der Waals surface area (Å²) in [6.07, 6.45) is 2.09. The van der Waals surface area contributed by atoms with E-state index in [9.17, 15) is 0 Å². The molecular weight excluding hydrogens is 206 g/mol. The van der Waals surface area contributed by atoms with Crippen molar-refractivity contribution in [3.8, 4) is 0 Å². The van der Waals surface area contributed by atoms with Crippen LogP contribution in [-0.4, -0.2) is 0 Å². The monoisotopic (exact) mass is 225 g/mol. The summed E-state index contributed by atoms with van der Waals surface area (Å²) in [6, 6.07) is 7.84. The number of halogens is 1. The molecule has 0 amide bonds. The highest BCUT2D eigenvalue weighted by atomic mass is 35.5. The molecule has 1 rings (SSSR count). The van der Waals surface area contributed by atoms with E-state index in [2.05, 4.69) is 20.8 Å². The molecule has 1 nitrogen and oxygen atoms in total. The van der Waals surface area contributed by atoms with Gasteiger partial charge in [0.1, 0.15) is 0 Å². The zero-order valence-corrected chi connectivity index (χ0v) is 10.5. The molecule has 1 aromatic carbocycles. The van der Waals surface area contributed by atoms with Crippen molar-refractivity contribution in [3.05, 3.63) is 34.9 Å². The van der Waals surface area contributed by atoms with Crippen molar-refractivity contribution >= 4 is 11.6 Å². The molecule has 84 valence electrons. The summed E-state index contributed by atoms with van der Waals surface area (Å²) >= 11 is 6.14. The maximum absolute atomic E-state index is 6.30. The predicted octanol–water partition coefficient (Wildman–Crippen LogP) is 3.95. The van der Waals surface area contributed by atoms with Crippen LogP contribution in [0.25, 0.3) is 0 Å². The first-order chi connectivity index (χ1) is 6.93. The summed E-state index contributed by atoms with van der Waals surface area (Å²) in [6.45, 7) is 6.47. The molecule has 15 heavy (non-hydrogen) atoms. The molecule has 2 heteroatoms. The third-order valence-corrected chi connectivity index (χ3v) is 3.06. The molecule has 0 aliphatic carbocycles. The zero-order chi connectivity index (χ0) is 11.5. The Morgan fingerprint density at radius 1 is 1.33 bits per heavy atom. The highest BCUT2D eigenvalue weighted by Gasteiger charge is 2.23. The van der Waals surface area contributed by atoms with E-state index >= 15 is 0 Å². The normalized spacial score (nSPS) is 15.3. The van der Waals surface area contributed by atoms with E-state index in [0.29, 0.717) is 5.92 Å². The number of nitrogens with two attached hydrogens (primary N) is 1. The van der Waals surface area contributed by atoms with E-state index in [4.69, 9.17) is 17.3 Å². The molecule has 0 aliphatic heterocycles. The SMILES string of the molecule is CC(C)CCC(C)(N)c1ccccc1Cl. The minimum atomic E-state index is -0.317. The van der Waals surface area contributed by atoms with Crippen LogP contribution in [0.5, 0.6) is 0 Å². The van der Waals surface area contributed by atoms with E-state index in [1.165, 1.54) is 0 Å². The van der Waals surface area contributed by atoms with Gasteiger partial charge in [-0.1, -0.05) is 43.6 Å². The first-order valence-corrected chi connectivity index (χ1v) is 5.85. The predicted molar refractivity (Wildman–Crippen MR) is 67.1 cm³/mol. The molecular formula is C13H20ClN. The van der Waals surface area contributed by atoms with Gasteiger partial charge in [0.15, 0.2) is 0 Å². The second-order valence-electron chi connectivity index (χ2n) is 4.83. The quantitative estimate of drug-likeness (QED) is 0.825. The van der Waals surface area contributed by atoms with E-state index in [1.54, 1.807) is 0 Å². The van der Waals surface area contributed by atoms with E-state index in [1.807, 2.05) is 24.3 Å². The first-order valence-electron chi connectivity index (χ1n) is 5.47. The molecule has 0 heterocycles. The molecule has 0 spiro atoms. The Balaban J connectivity index is 2.81. The third-order valence-electron chi connectivity index (χ3n) is 2.73. The van der Waals surface area contributed by atoms with Crippen LogP contribution >= 0.6 is 11.6 Å². The molecule has 1 aromatic rings. The molecule has 0 fully saturated rings. The van der Waals surface area contributed by atoms with Crippen molar-refractivity contribution in [1.29, 1.82) is 0 Å². The Kier molecular flexibility index (Phi) is 4.18. The van der Waals surface area contributed by atoms with Gasteiger partial charge in [0, 0.05) is 10.6 Å². The summed E-state index contributed by atoms with van der Waals surface area (Å²) < 4.78 is 0. The van der Waals surface area contributed by atoms with Crippen molar-refractivity contribution < 1.29 is 0 Å². The zero-order valence-electron chi connectivity index (χ0n) is 9.76. The van der Waals surface area contributed by atoms with Gasteiger partial charge in [-0.15, -0.1) is 0 Å². The summed E-state index contributed by atoms with van der Waals surface area (Å²) in [5.74, 6) is 0.676. The van der Waals surface area contributed by atoms with E-state index in [0.717, 1.165) is 23.4 Å². The van der Waals surface area contributed by atoms with Gasteiger partial charge in [0.2, 0.25) is 0 Å². The molecule has 1 atom stereocenters. The lowest BCUT2D eigenvalue weighted by atomic mass is 9.86. The molecule has 2 N–H and O–H groups in total. The van der Waals surface area contributed by atoms with E-state index in [-0.39, 0.29) is 5.54 Å². The fourth-order valence-corrected chi connectivity index (χ4v) is 2.00. The summed E-state index contributed by atoms with van der Waals surface area (Å²) in [7, 11) is 0. The van der Waals surface area contributed by atoms with Crippen LogP contribution in [0.4, 0.5) is 0 Å². The van der Waals surface area contributed by atoms with Gasteiger partial charge >= 0.3 is 0 Å². The number of benzene rings is 1. The first kappa shape index (κ1) is 12.5. The molecule has 0 saturated heterocycles. The third kappa shape index (κ3) is 3.51. The summed E-state index contributed by atoms with van der Waals surface area (Å²) in [4.78, 5) is 0. The average Bonchev–Trinajstić information content (AvgIpc) is 2.15. The smallest absolute Gasteiger partial charge is 0.0456 e. The van der Waals surface area contributed by atoms with Crippen LogP contribution in [0, 0.1) is 5.92 Å². The van der Waals surface area contributed by atoms with Crippen molar-refractivity contribution in [1.82, 2.24) is 0 Å². The molecule has 0 bridgehead atoms. The lowest BCUT2D eigenvalue weighted by Gasteiger charge is -2.27. The molecule has 0 aromatic heterocycles. The second-order valence-corrected chi connectivity index (χ2v) is 5.24. The highest BCUT2D eigenvalue weighted by Crippen LogP contribution is 2.30. The maximum Gasteiger partial charge on any atom is 0.0456 e. The highest BCUT2D eigenvalue weighted by molar-refractivity contribution is 6.31. The van der Waals surface area contributed by atoms with Gasteiger partial charge < -0.3 is 5.73 Å². The van der Waals surface area contributed by atoms with Gasteiger partial charge in [-0.3, -0.25) is 0 Å². The molecule has 0 saturated carbocycles. The maximum atomic E-state index is 6.30. The van der Waals surface area contributed by atoms with Crippen LogP contribution in [-0.2, 0) is 5.54 Å². The van der Waals surface area contributed by atoms with Gasteiger partial charge in [-0.25, -0.2) is 0 Å². The van der Waals surface area contributed by atoms with Crippen LogP contribution in [0.1, 0.15) is 39.2 Å². The average molecular weight is 226 g/mol. The lowest BCUT2D eigenvalue weighted by Crippen LogP contribution is -2.33. The topological polar surface area (TPSA) is 26.0 Å². The van der Waals surface area contributed by atoms with Gasteiger partial charge in [0.05, 0.1) is 0 Å². The van der Waals surface area contributed by atoms with E-state index < -0.39 is 0 Å². The Morgan fingerprint density at radius 3 is 2.47 bits per heavy atom. The Labute approximate surface area is 97.6 Å². The van der Waals surface area contributed by atoms with Crippen molar-refractivity contribution in [3.63, 3.8) is 0 Å². The Bertz CT molecular complexity index is 318. The van der Waals surface area contributed by atoms with Gasteiger partial charge in [-0.05, 0) is 37.3 Å². The van der Waals surface area contributed by atoms with Gasteiger partial charge in [0.25, 0.3) is 0 Å². The fraction of sp³-hybridized carbons (Fsp3) is 0.538. The van der Waals surface area contributed by atoms with Crippen molar-refractivity contribution in [2.45, 2.75) is 39.2 Å². The molecule has 1 unspecified atom stereocenters. The van der Waals surface area contributed by atoms with Crippen LogP contribution in [0.15, 0.2) is 24.3 Å². The minimum absolute atomic E-state index is 0.317. The van der Waals surface area contributed by atoms with Crippen LogP contribution < -0.4 is 5.73 Å². The fourth-order valence-electron chi connectivity index (χ4n) is 1.65. The Morgan fingerprint density at radius 2 is 1.93 bits per heavy atom.